The van der Waals surface area contributed by atoms with E-state index in [0.29, 0.717) is 12.5 Å². The van der Waals surface area contributed by atoms with Crippen LogP contribution in [0, 0.1) is 11.7 Å². The van der Waals surface area contributed by atoms with Gasteiger partial charge in [0.1, 0.15) is 5.82 Å². The van der Waals surface area contributed by atoms with E-state index in [9.17, 15) is 4.39 Å². The topological polar surface area (TPSA) is 26.0 Å². The van der Waals surface area contributed by atoms with Crippen LogP contribution in [0.4, 0.5) is 4.39 Å². The van der Waals surface area contributed by atoms with Gasteiger partial charge in [-0.25, -0.2) is 4.39 Å². The molecule has 1 nitrogen and oxygen atoms in total. The quantitative estimate of drug-likeness (QED) is 0.803. The smallest absolute Gasteiger partial charge is 0.141 e. The SMILES string of the molecule is CC1(c2ccc(F)c(Cl)c2)CC1CN. The molecule has 1 fully saturated rings. The van der Waals surface area contributed by atoms with E-state index < -0.39 is 0 Å². The van der Waals surface area contributed by atoms with Gasteiger partial charge in [0.25, 0.3) is 0 Å². The Kier molecular flexibility index (Phi) is 2.28. The van der Waals surface area contributed by atoms with Crippen molar-refractivity contribution in [3.8, 4) is 0 Å². The van der Waals surface area contributed by atoms with Gasteiger partial charge < -0.3 is 5.73 Å². The molecule has 1 aliphatic rings. The highest BCUT2D eigenvalue weighted by Gasteiger charge is 2.50. The van der Waals surface area contributed by atoms with Crippen molar-refractivity contribution in [2.24, 2.45) is 11.7 Å². The fourth-order valence-electron chi connectivity index (χ4n) is 2.00. The summed E-state index contributed by atoms with van der Waals surface area (Å²) in [6.45, 7) is 2.83. The van der Waals surface area contributed by atoms with Gasteiger partial charge in [-0.15, -0.1) is 0 Å². The van der Waals surface area contributed by atoms with Gasteiger partial charge in [-0.1, -0.05) is 24.6 Å². The van der Waals surface area contributed by atoms with Crippen molar-refractivity contribution >= 4 is 11.6 Å². The van der Waals surface area contributed by atoms with Gasteiger partial charge in [-0.05, 0) is 42.0 Å². The van der Waals surface area contributed by atoms with Gasteiger partial charge in [0.05, 0.1) is 5.02 Å². The molecule has 76 valence electrons. The number of benzene rings is 1. The van der Waals surface area contributed by atoms with E-state index in [0.717, 1.165) is 12.0 Å². The number of hydrogen-bond acceptors (Lipinski definition) is 1. The Bertz CT molecular complexity index is 366. The van der Waals surface area contributed by atoms with Crippen LogP contribution in [0.2, 0.25) is 5.02 Å². The van der Waals surface area contributed by atoms with E-state index in [1.807, 2.05) is 0 Å². The highest BCUT2D eigenvalue weighted by Crippen LogP contribution is 2.53. The summed E-state index contributed by atoms with van der Waals surface area (Å²) >= 11 is 5.73. The Balaban J connectivity index is 2.31. The molecule has 14 heavy (non-hydrogen) atoms. The molecule has 2 unspecified atom stereocenters. The molecule has 0 bridgehead atoms. The first kappa shape index (κ1) is 9.94. The van der Waals surface area contributed by atoms with Gasteiger partial charge in [0.15, 0.2) is 0 Å². The minimum Gasteiger partial charge on any atom is -0.330 e. The third kappa shape index (κ3) is 1.43. The Labute approximate surface area is 88.1 Å². The lowest BCUT2D eigenvalue weighted by Gasteiger charge is -2.11. The summed E-state index contributed by atoms with van der Waals surface area (Å²) in [6.07, 6.45) is 1.07. The average molecular weight is 214 g/mol. The maximum absolute atomic E-state index is 12.9. The number of nitrogens with two attached hydrogens (primary N) is 1. The van der Waals surface area contributed by atoms with E-state index in [1.54, 1.807) is 12.1 Å². The van der Waals surface area contributed by atoms with Crippen LogP contribution in [0.15, 0.2) is 18.2 Å². The Morgan fingerprint density at radius 1 is 1.64 bits per heavy atom. The van der Waals surface area contributed by atoms with Crippen molar-refractivity contribution < 1.29 is 4.39 Å². The second kappa shape index (κ2) is 3.21. The number of rotatable bonds is 2. The van der Waals surface area contributed by atoms with E-state index in [-0.39, 0.29) is 16.3 Å². The zero-order chi connectivity index (χ0) is 10.3. The monoisotopic (exact) mass is 213 g/mol. The molecule has 0 radical (unpaired) electrons. The lowest BCUT2D eigenvalue weighted by molar-refractivity contribution is 0.621. The molecule has 0 saturated heterocycles. The summed E-state index contributed by atoms with van der Waals surface area (Å²) in [7, 11) is 0. The summed E-state index contributed by atoms with van der Waals surface area (Å²) in [5.74, 6) is 0.160. The van der Waals surface area contributed by atoms with E-state index >= 15 is 0 Å². The van der Waals surface area contributed by atoms with Crippen LogP contribution in [0.25, 0.3) is 0 Å². The fraction of sp³-hybridized carbons (Fsp3) is 0.455. The molecular weight excluding hydrogens is 201 g/mol. The van der Waals surface area contributed by atoms with E-state index in [1.165, 1.54) is 6.07 Å². The first-order chi connectivity index (χ1) is 6.58. The first-order valence-corrected chi connectivity index (χ1v) is 5.11. The third-order valence-electron chi connectivity index (χ3n) is 3.27. The van der Waals surface area contributed by atoms with Crippen molar-refractivity contribution in [2.45, 2.75) is 18.8 Å². The van der Waals surface area contributed by atoms with Crippen molar-refractivity contribution in [2.75, 3.05) is 6.54 Å². The van der Waals surface area contributed by atoms with Crippen LogP contribution in [-0.2, 0) is 5.41 Å². The van der Waals surface area contributed by atoms with Crippen molar-refractivity contribution in [3.63, 3.8) is 0 Å². The second-order valence-corrected chi connectivity index (χ2v) is 4.59. The molecular formula is C11H13ClFN. The van der Waals surface area contributed by atoms with E-state index in [4.69, 9.17) is 17.3 Å². The molecule has 0 aromatic heterocycles. The molecule has 2 N–H and O–H groups in total. The molecule has 0 aliphatic heterocycles. The highest BCUT2D eigenvalue weighted by molar-refractivity contribution is 6.30. The highest BCUT2D eigenvalue weighted by atomic mass is 35.5. The largest absolute Gasteiger partial charge is 0.330 e. The Morgan fingerprint density at radius 2 is 2.36 bits per heavy atom. The normalized spacial score (nSPS) is 30.4. The lowest BCUT2D eigenvalue weighted by atomic mass is 9.95. The Morgan fingerprint density at radius 3 is 2.86 bits per heavy atom. The molecule has 3 heteroatoms. The third-order valence-corrected chi connectivity index (χ3v) is 3.56. The van der Waals surface area contributed by atoms with E-state index in [2.05, 4.69) is 6.92 Å². The van der Waals surface area contributed by atoms with Crippen LogP contribution in [0.3, 0.4) is 0 Å². The van der Waals surface area contributed by atoms with Crippen LogP contribution < -0.4 is 5.73 Å². The van der Waals surface area contributed by atoms with Gasteiger partial charge in [-0.3, -0.25) is 0 Å². The predicted octanol–water partition coefficient (Wildman–Crippen LogP) is 2.72. The lowest BCUT2D eigenvalue weighted by Crippen LogP contribution is -2.11. The van der Waals surface area contributed by atoms with Crippen molar-refractivity contribution in [1.82, 2.24) is 0 Å². The summed E-state index contributed by atoms with van der Waals surface area (Å²) < 4.78 is 12.9. The summed E-state index contributed by atoms with van der Waals surface area (Å²) in [5, 5.41) is 0.200. The molecule has 0 heterocycles. The van der Waals surface area contributed by atoms with Gasteiger partial charge in [-0.2, -0.15) is 0 Å². The minimum absolute atomic E-state index is 0.117. The molecule has 0 spiro atoms. The maximum Gasteiger partial charge on any atom is 0.141 e. The van der Waals surface area contributed by atoms with Gasteiger partial charge in [0, 0.05) is 0 Å². The molecule has 0 amide bonds. The van der Waals surface area contributed by atoms with Crippen LogP contribution in [0.1, 0.15) is 18.9 Å². The van der Waals surface area contributed by atoms with Gasteiger partial charge >= 0.3 is 0 Å². The van der Waals surface area contributed by atoms with Crippen molar-refractivity contribution in [3.05, 3.63) is 34.6 Å². The predicted molar refractivity (Wildman–Crippen MR) is 55.9 cm³/mol. The molecule has 1 aliphatic carbocycles. The summed E-state index contributed by atoms with van der Waals surface area (Å²) in [4.78, 5) is 0. The molecule has 1 aromatic carbocycles. The molecule has 2 atom stereocenters. The number of halogens is 2. The fourth-order valence-corrected chi connectivity index (χ4v) is 2.18. The zero-order valence-electron chi connectivity index (χ0n) is 8.06. The van der Waals surface area contributed by atoms with Crippen LogP contribution in [0.5, 0.6) is 0 Å². The second-order valence-electron chi connectivity index (χ2n) is 4.18. The number of hydrogen-bond donors (Lipinski definition) is 1. The maximum atomic E-state index is 12.9. The average Bonchev–Trinajstić information content (AvgIpc) is 2.83. The van der Waals surface area contributed by atoms with Crippen LogP contribution >= 0.6 is 11.6 Å². The minimum atomic E-state index is -0.357. The molecule has 1 saturated carbocycles. The van der Waals surface area contributed by atoms with Crippen LogP contribution in [-0.4, -0.2) is 6.54 Å². The van der Waals surface area contributed by atoms with Crippen molar-refractivity contribution in [1.29, 1.82) is 0 Å². The summed E-state index contributed by atoms with van der Waals surface area (Å²) in [6, 6.07) is 4.94. The standard InChI is InChI=1S/C11H13ClFN/c1-11(5-8(11)6-14)7-2-3-10(13)9(12)4-7/h2-4,8H,5-6,14H2,1H3. The molecule has 2 rings (SSSR count). The molecule has 1 aromatic rings. The first-order valence-electron chi connectivity index (χ1n) is 4.73. The van der Waals surface area contributed by atoms with Gasteiger partial charge in [0.2, 0.25) is 0 Å². The zero-order valence-corrected chi connectivity index (χ0v) is 8.81. The summed E-state index contributed by atoms with van der Waals surface area (Å²) in [5.41, 5.74) is 6.82. The Hall–Kier alpha value is -0.600.